The van der Waals surface area contributed by atoms with Crippen LogP contribution in [0.4, 0.5) is 11.4 Å². The minimum Gasteiger partial charge on any atom is -0.478 e. The molecule has 0 aliphatic carbocycles. The van der Waals surface area contributed by atoms with E-state index in [0.717, 1.165) is 22.4 Å². The van der Waals surface area contributed by atoms with E-state index in [1.54, 1.807) is 29.0 Å². The van der Waals surface area contributed by atoms with Crippen LogP contribution in [0.1, 0.15) is 10.4 Å². The number of aromatic nitrogens is 2. The Kier molecular flexibility index (Phi) is 3.91. The highest BCUT2D eigenvalue weighted by Gasteiger charge is 2.12. The van der Waals surface area contributed by atoms with Crippen LogP contribution in [0.2, 0.25) is 5.02 Å². The van der Waals surface area contributed by atoms with Gasteiger partial charge in [-0.2, -0.15) is 0 Å². The Morgan fingerprint density at radius 3 is 2.84 bits per heavy atom. The van der Waals surface area contributed by atoms with Crippen molar-refractivity contribution in [1.29, 1.82) is 0 Å². The number of rotatable bonds is 4. The SMILES string of the molecule is O=C(O)c1cc(Cl)ccc1Nc1ccc2c(ccn2-c2cscn2)c1. The topological polar surface area (TPSA) is 67.2 Å². The number of nitrogens with one attached hydrogen (secondary N) is 1. The highest BCUT2D eigenvalue weighted by Crippen LogP contribution is 2.28. The van der Waals surface area contributed by atoms with Crippen molar-refractivity contribution in [3.8, 4) is 5.82 Å². The van der Waals surface area contributed by atoms with E-state index in [4.69, 9.17) is 11.6 Å². The number of aromatic carboxylic acids is 1. The van der Waals surface area contributed by atoms with E-state index in [9.17, 15) is 9.90 Å². The van der Waals surface area contributed by atoms with E-state index < -0.39 is 5.97 Å². The number of hydrogen-bond donors (Lipinski definition) is 2. The second kappa shape index (κ2) is 6.23. The number of carboxylic acid groups (broad SMARTS) is 1. The summed E-state index contributed by atoms with van der Waals surface area (Å²) in [4.78, 5) is 15.7. The van der Waals surface area contributed by atoms with Gasteiger partial charge in [-0.25, -0.2) is 9.78 Å². The average molecular weight is 370 g/mol. The van der Waals surface area contributed by atoms with Crippen LogP contribution < -0.4 is 5.32 Å². The normalized spacial score (nSPS) is 10.9. The van der Waals surface area contributed by atoms with E-state index in [1.807, 2.05) is 40.4 Å². The number of hydrogen-bond acceptors (Lipinski definition) is 4. The fraction of sp³-hybridized carbons (Fsp3) is 0. The van der Waals surface area contributed by atoms with Gasteiger partial charge >= 0.3 is 5.97 Å². The third kappa shape index (κ3) is 2.97. The molecule has 25 heavy (non-hydrogen) atoms. The Hall–Kier alpha value is -2.83. The zero-order chi connectivity index (χ0) is 17.4. The molecule has 2 heterocycles. The van der Waals surface area contributed by atoms with Gasteiger partial charge in [0.25, 0.3) is 0 Å². The maximum absolute atomic E-state index is 11.4. The molecule has 2 aromatic carbocycles. The highest BCUT2D eigenvalue weighted by atomic mass is 35.5. The Morgan fingerprint density at radius 2 is 2.08 bits per heavy atom. The van der Waals surface area contributed by atoms with Crippen LogP contribution >= 0.6 is 22.9 Å². The first-order valence-electron chi connectivity index (χ1n) is 7.41. The molecule has 0 amide bonds. The van der Waals surface area contributed by atoms with Crippen LogP contribution in [0.15, 0.2) is 59.6 Å². The van der Waals surface area contributed by atoms with Crippen LogP contribution in [0.5, 0.6) is 0 Å². The van der Waals surface area contributed by atoms with Gasteiger partial charge in [-0.15, -0.1) is 11.3 Å². The van der Waals surface area contributed by atoms with E-state index >= 15 is 0 Å². The molecule has 124 valence electrons. The smallest absolute Gasteiger partial charge is 0.337 e. The molecule has 5 nitrogen and oxygen atoms in total. The van der Waals surface area contributed by atoms with Crippen molar-refractivity contribution in [2.24, 2.45) is 0 Å². The first kappa shape index (κ1) is 15.7. The molecule has 0 atom stereocenters. The molecule has 2 N–H and O–H groups in total. The number of fused-ring (bicyclic) bond motifs is 1. The van der Waals surface area contributed by atoms with Crippen molar-refractivity contribution in [3.63, 3.8) is 0 Å². The molecule has 0 fully saturated rings. The fourth-order valence-corrected chi connectivity index (χ4v) is 3.40. The summed E-state index contributed by atoms with van der Waals surface area (Å²) in [5.74, 6) is -0.146. The summed E-state index contributed by atoms with van der Waals surface area (Å²) in [5.41, 5.74) is 4.26. The van der Waals surface area contributed by atoms with Gasteiger partial charge in [0.1, 0.15) is 5.82 Å². The van der Waals surface area contributed by atoms with E-state index in [1.165, 1.54) is 6.07 Å². The number of nitrogens with zero attached hydrogens (tertiary/aromatic N) is 2. The lowest BCUT2D eigenvalue weighted by atomic mass is 10.1. The predicted octanol–water partition coefficient (Wildman–Crippen LogP) is 5.18. The lowest BCUT2D eigenvalue weighted by Gasteiger charge is -2.10. The van der Waals surface area contributed by atoms with E-state index in [0.29, 0.717) is 10.7 Å². The molecule has 0 aliphatic heterocycles. The first-order valence-corrected chi connectivity index (χ1v) is 8.73. The minimum absolute atomic E-state index is 0.132. The lowest BCUT2D eigenvalue weighted by Crippen LogP contribution is -2.02. The zero-order valence-electron chi connectivity index (χ0n) is 12.8. The second-order valence-electron chi connectivity index (χ2n) is 5.43. The molecule has 0 bridgehead atoms. The summed E-state index contributed by atoms with van der Waals surface area (Å²) in [6.45, 7) is 0. The average Bonchev–Trinajstić information content (AvgIpc) is 3.24. The quantitative estimate of drug-likeness (QED) is 0.520. The molecule has 0 radical (unpaired) electrons. The maximum atomic E-state index is 11.4. The molecule has 0 saturated heterocycles. The van der Waals surface area contributed by atoms with Gasteiger partial charge in [0.2, 0.25) is 0 Å². The van der Waals surface area contributed by atoms with Gasteiger partial charge in [-0.3, -0.25) is 0 Å². The number of thiazole rings is 1. The summed E-state index contributed by atoms with van der Waals surface area (Å²) < 4.78 is 2.01. The van der Waals surface area contributed by atoms with Crippen LogP contribution in [0.3, 0.4) is 0 Å². The summed E-state index contributed by atoms with van der Waals surface area (Å²) in [5, 5.41) is 15.9. The van der Waals surface area contributed by atoms with Gasteiger partial charge in [0, 0.05) is 27.7 Å². The lowest BCUT2D eigenvalue weighted by molar-refractivity contribution is 0.0698. The molecular formula is C18H12ClN3O2S. The van der Waals surface area contributed by atoms with Crippen molar-refractivity contribution in [3.05, 3.63) is 70.1 Å². The van der Waals surface area contributed by atoms with E-state index in [2.05, 4.69) is 10.3 Å². The first-order chi connectivity index (χ1) is 12.1. The van der Waals surface area contributed by atoms with Crippen molar-refractivity contribution < 1.29 is 9.90 Å². The van der Waals surface area contributed by atoms with Crippen LogP contribution in [0, 0.1) is 0 Å². The van der Waals surface area contributed by atoms with Crippen molar-refractivity contribution in [2.75, 3.05) is 5.32 Å². The molecule has 4 aromatic rings. The largest absolute Gasteiger partial charge is 0.478 e. The van der Waals surface area contributed by atoms with Gasteiger partial charge in [0.05, 0.1) is 22.3 Å². The van der Waals surface area contributed by atoms with Gasteiger partial charge in [-0.05, 0) is 42.5 Å². The number of carbonyl (C=O) groups is 1. The molecule has 0 saturated carbocycles. The molecule has 4 rings (SSSR count). The number of carboxylic acids is 1. The number of benzene rings is 2. The number of anilines is 2. The van der Waals surface area contributed by atoms with Crippen LogP contribution in [-0.2, 0) is 0 Å². The highest BCUT2D eigenvalue weighted by molar-refractivity contribution is 7.07. The third-order valence-electron chi connectivity index (χ3n) is 3.85. The van der Waals surface area contributed by atoms with Crippen molar-refractivity contribution in [2.45, 2.75) is 0 Å². The van der Waals surface area contributed by atoms with E-state index in [-0.39, 0.29) is 5.56 Å². The van der Waals surface area contributed by atoms with Gasteiger partial charge in [-0.1, -0.05) is 11.6 Å². The fourth-order valence-electron chi connectivity index (χ4n) is 2.70. The van der Waals surface area contributed by atoms with Crippen molar-refractivity contribution >= 4 is 51.2 Å². The maximum Gasteiger partial charge on any atom is 0.337 e. The summed E-state index contributed by atoms with van der Waals surface area (Å²) in [7, 11) is 0. The predicted molar refractivity (Wildman–Crippen MR) is 101 cm³/mol. The molecule has 0 unspecified atom stereocenters. The van der Waals surface area contributed by atoms with Gasteiger partial charge in [0.15, 0.2) is 0 Å². The molecule has 2 aromatic heterocycles. The van der Waals surface area contributed by atoms with Crippen LogP contribution in [-0.4, -0.2) is 20.6 Å². The van der Waals surface area contributed by atoms with Gasteiger partial charge < -0.3 is 15.0 Å². The third-order valence-corrected chi connectivity index (χ3v) is 4.66. The summed E-state index contributed by atoms with van der Waals surface area (Å²) in [6.07, 6.45) is 1.97. The van der Waals surface area contributed by atoms with Crippen LogP contribution in [0.25, 0.3) is 16.7 Å². The standard InChI is InChI=1S/C18H12ClN3O2S/c19-12-1-3-15(14(8-12)18(23)24)21-13-2-4-16-11(7-13)5-6-22(16)17-9-25-10-20-17/h1-10,21H,(H,23,24). The Balaban J connectivity index is 1.71. The summed E-state index contributed by atoms with van der Waals surface area (Å²) >= 11 is 7.44. The molecule has 0 spiro atoms. The summed E-state index contributed by atoms with van der Waals surface area (Å²) in [6, 6.07) is 12.6. The number of halogens is 1. The van der Waals surface area contributed by atoms with Crippen molar-refractivity contribution in [1.82, 2.24) is 9.55 Å². The zero-order valence-corrected chi connectivity index (χ0v) is 14.4. The second-order valence-corrected chi connectivity index (χ2v) is 6.58. The Labute approximate surface area is 152 Å². The minimum atomic E-state index is -1.03. The monoisotopic (exact) mass is 369 g/mol. The molecule has 7 heteroatoms. The Bertz CT molecular complexity index is 1070. The molecule has 0 aliphatic rings. The molecular weight excluding hydrogens is 358 g/mol. The Morgan fingerprint density at radius 1 is 1.20 bits per heavy atom.